The molecule has 0 heterocycles. The molecule has 5 nitrogen and oxygen atoms in total. The Morgan fingerprint density at radius 1 is 1.15 bits per heavy atom. The minimum atomic E-state index is -3.76. The average molecular weight is 396 g/mol. The molecule has 0 saturated carbocycles. The van der Waals surface area contributed by atoms with Gasteiger partial charge in [-0.15, -0.1) is 0 Å². The maximum Gasteiger partial charge on any atom is 0.245 e. The van der Waals surface area contributed by atoms with Crippen LogP contribution < -0.4 is 9.62 Å². The van der Waals surface area contributed by atoms with Crippen LogP contribution in [-0.4, -0.2) is 27.1 Å². The number of rotatable bonds is 6. The molecule has 0 aromatic heterocycles. The molecule has 2 rings (SSSR count). The maximum atomic E-state index is 13.3. The van der Waals surface area contributed by atoms with Gasteiger partial charge in [-0.05, 0) is 36.1 Å². The van der Waals surface area contributed by atoms with E-state index in [-0.39, 0.29) is 11.6 Å². The van der Waals surface area contributed by atoms with Gasteiger partial charge in [0.25, 0.3) is 0 Å². The third kappa shape index (κ3) is 5.03. The molecule has 27 heavy (non-hydrogen) atoms. The first-order chi connectivity index (χ1) is 12.5. The molecule has 0 aliphatic rings. The van der Waals surface area contributed by atoms with Crippen LogP contribution in [0.3, 0.4) is 0 Å². The van der Waals surface area contributed by atoms with Gasteiger partial charge in [0.2, 0.25) is 15.9 Å². The lowest BCUT2D eigenvalue weighted by molar-refractivity contribution is -0.114. The third-order valence-corrected chi connectivity index (χ3v) is 5.14. The molecule has 0 bridgehead atoms. The van der Waals surface area contributed by atoms with E-state index in [2.05, 4.69) is 5.32 Å². The molecule has 1 amide bonds. The molecule has 0 aliphatic heterocycles. The number of para-hydroxylation sites is 1. The highest BCUT2D eigenvalue weighted by molar-refractivity contribution is 7.92. The molecule has 146 valence electrons. The van der Waals surface area contributed by atoms with E-state index < -0.39 is 34.1 Å². The van der Waals surface area contributed by atoms with Crippen molar-refractivity contribution in [3.05, 3.63) is 59.2 Å². The number of carbonyl (C=O) groups excluding carboxylic acids is 1. The Hall–Kier alpha value is -2.48. The van der Waals surface area contributed by atoms with Gasteiger partial charge < -0.3 is 5.32 Å². The monoisotopic (exact) mass is 396 g/mol. The average Bonchev–Trinajstić information content (AvgIpc) is 2.55. The Morgan fingerprint density at radius 3 is 2.37 bits per heavy atom. The maximum absolute atomic E-state index is 13.3. The van der Waals surface area contributed by atoms with Gasteiger partial charge in [0.15, 0.2) is 11.6 Å². The number of hydrogen-bond donors (Lipinski definition) is 1. The first kappa shape index (κ1) is 20.8. The van der Waals surface area contributed by atoms with Crippen molar-refractivity contribution in [2.24, 2.45) is 0 Å². The van der Waals surface area contributed by atoms with E-state index in [0.717, 1.165) is 28.3 Å². The SMILES string of the molecule is Cc1cccc(C(C)C)c1N(CC(=O)Nc1ccc(F)c(F)c1)S(C)(=O)=O. The van der Waals surface area contributed by atoms with Gasteiger partial charge in [-0.25, -0.2) is 17.2 Å². The molecular weight excluding hydrogens is 374 g/mol. The molecular formula is C19H22F2N2O3S. The lowest BCUT2D eigenvalue weighted by atomic mass is 9.98. The lowest BCUT2D eigenvalue weighted by Crippen LogP contribution is -2.38. The largest absolute Gasteiger partial charge is 0.324 e. The molecule has 0 atom stereocenters. The van der Waals surface area contributed by atoms with Crippen LogP contribution in [0.5, 0.6) is 0 Å². The number of sulfonamides is 1. The summed E-state index contributed by atoms with van der Waals surface area (Å²) in [5, 5.41) is 2.40. The molecule has 2 aromatic carbocycles. The van der Waals surface area contributed by atoms with Crippen LogP contribution in [0.15, 0.2) is 36.4 Å². The lowest BCUT2D eigenvalue weighted by Gasteiger charge is -2.27. The summed E-state index contributed by atoms with van der Waals surface area (Å²) in [5.41, 5.74) is 2.00. The van der Waals surface area contributed by atoms with E-state index in [1.807, 2.05) is 26.0 Å². The number of hydrogen-bond acceptors (Lipinski definition) is 3. The standard InChI is InChI=1S/C19H22F2N2O3S/c1-12(2)15-7-5-6-13(3)19(15)23(27(4,25)26)11-18(24)22-14-8-9-16(20)17(21)10-14/h5-10,12H,11H2,1-4H3,(H,22,24). The quantitative estimate of drug-likeness (QED) is 0.808. The molecule has 0 fully saturated rings. The van der Waals surface area contributed by atoms with Crippen molar-refractivity contribution in [2.75, 3.05) is 22.4 Å². The zero-order chi connectivity index (χ0) is 20.4. The predicted molar refractivity (Wildman–Crippen MR) is 102 cm³/mol. The molecule has 0 spiro atoms. The van der Waals surface area contributed by atoms with E-state index in [1.165, 1.54) is 6.07 Å². The van der Waals surface area contributed by atoms with E-state index in [9.17, 15) is 22.0 Å². The number of nitrogens with zero attached hydrogens (tertiary/aromatic N) is 1. The van der Waals surface area contributed by atoms with E-state index in [1.54, 1.807) is 13.0 Å². The fourth-order valence-corrected chi connectivity index (χ4v) is 3.69. The minimum absolute atomic E-state index is 0.0402. The van der Waals surface area contributed by atoms with Crippen LogP contribution >= 0.6 is 0 Å². The highest BCUT2D eigenvalue weighted by Crippen LogP contribution is 2.32. The highest BCUT2D eigenvalue weighted by atomic mass is 32.2. The normalized spacial score (nSPS) is 11.5. The van der Waals surface area contributed by atoms with Gasteiger partial charge in [0.1, 0.15) is 6.54 Å². The second-order valence-electron chi connectivity index (χ2n) is 6.61. The summed E-state index contributed by atoms with van der Waals surface area (Å²) in [6, 6.07) is 8.35. The van der Waals surface area contributed by atoms with Crippen molar-refractivity contribution in [2.45, 2.75) is 26.7 Å². The zero-order valence-corrected chi connectivity index (χ0v) is 16.4. The molecule has 0 radical (unpaired) electrons. The number of halogens is 2. The van der Waals surface area contributed by atoms with Crippen molar-refractivity contribution >= 4 is 27.3 Å². The molecule has 0 unspecified atom stereocenters. The van der Waals surface area contributed by atoms with Gasteiger partial charge in [0.05, 0.1) is 11.9 Å². The van der Waals surface area contributed by atoms with Gasteiger partial charge in [-0.2, -0.15) is 0 Å². The first-order valence-electron chi connectivity index (χ1n) is 8.33. The number of anilines is 2. The number of amides is 1. The summed E-state index contributed by atoms with van der Waals surface area (Å²) in [6.45, 7) is 5.15. The van der Waals surface area contributed by atoms with Crippen molar-refractivity contribution in [3.63, 3.8) is 0 Å². The fourth-order valence-electron chi connectivity index (χ4n) is 2.76. The highest BCUT2D eigenvalue weighted by Gasteiger charge is 2.25. The second kappa shape index (κ2) is 8.04. The Kier molecular flexibility index (Phi) is 6.20. The van der Waals surface area contributed by atoms with Crippen LogP contribution in [0.2, 0.25) is 0 Å². The van der Waals surface area contributed by atoms with E-state index in [4.69, 9.17) is 0 Å². The van der Waals surface area contributed by atoms with E-state index in [0.29, 0.717) is 11.3 Å². The van der Waals surface area contributed by atoms with Crippen LogP contribution in [-0.2, 0) is 14.8 Å². The van der Waals surface area contributed by atoms with Crippen LogP contribution in [0.1, 0.15) is 30.9 Å². The topological polar surface area (TPSA) is 66.5 Å². The molecule has 2 aromatic rings. The van der Waals surface area contributed by atoms with E-state index >= 15 is 0 Å². The Morgan fingerprint density at radius 2 is 1.81 bits per heavy atom. The molecule has 0 aliphatic carbocycles. The Labute approximate surface area is 158 Å². The number of aryl methyl sites for hydroxylation is 1. The number of nitrogens with one attached hydrogen (secondary N) is 1. The second-order valence-corrected chi connectivity index (χ2v) is 8.52. The fraction of sp³-hybridized carbons (Fsp3) is 0.316. The summed E-state index contributed by atoms with van der Waals surface area (Å²) in [4.78, 5) is 12.4. The zero-order valence-electron chi connectivity index (χ0n) is 15.6. The van der Waals surface area contributed by atoms with Crippen LogP contribution in [0.4, 0.5) is 20.2 Å². The summed E-state index contributed by atoms with van der Waals surface area (Å²) >= 11 is 0. The molecule has 8 heteroatoms. The Balaban J connectivity index is 2.36. The molecule has 1 N–H and O–H groups in total. The summed E-state index contributed by atoms with van der Waals surface area (Å²) in [5.74, 6) is -2.76. The van der Waals surface area contributed by atoms with Gasteiger partial charge in [-0.3, -0.25) is 9.10 Å². The predicted octanol–water partition coefficient (Wildman–Crippen LogP) is 3.80. The van der Waals surface area contributed by atoms with Gasteiger partial charge in [-0.1, -0.05) is 32.0 Å². The minimum Gasteiger partial charge on any atom is -0.324 e. The van der Waals surface area contributed by atoms with Crippen LogP contribution in [0, 0.1) is 18.6 Å². The van der Waals surface area contributed by atoms with Gasteiger partial charge >= 0.3 is 0 Å². The summed E-state index contributed by atoms with van der Waals surface area (Å²) in [7, 11) is -3.76. The third-order valence-electron chi connectivity index (χ3n) is 4.03. The molecule has 0 saturated heterocycles. The number of carbonyl (C=O) groups is 1. The smallest absolute Gasteiger partial charge is 0.245 e. The van der Waals surface area contributed by atoms with Crippen molar-refractivity contribution in [3.8, 4) is 0 Å². The van der Waals surface area contributed by atoms with Crippen molar-refractivity contribution < 1.29 is 22.0 Å². The summed E-state index contributed by atoms with van der Waals surface area (Å²) in [6.07, 6.45) is 1.02. The van der Waals surface area contributed by atoms with Crippen LogP contribution in [0.25, 0.3) is 0 Å². The first-order valence-corrected chi connectivity index (χ1v) is 10.2. The van der Waals surface area contributed by atoms with Crippen molar-refractivity contribution in [1.29, 1.82) is 0 Å². The Bertz CT molecular complexity index is 959. The number of benzene rings is 2. The van der Waals surface area contributed by atoms with Gasteiger partial charge in [0, 0.05) is 11.8 Å². The van der Waals surface area contributed by atoms with Crippen molar-refractivity contribution in [1.82, 2.24) is 0 Å². The summed E-state index contributed by atoms with van der Waals surface area (Å²) < 4.78 is 52.1.